The van der Waals surface area contributed by atoms with Gasteiger partial charge < -0.3 is 5.32 Å². The minimum absolute atomic E-state index is 0.131. The van der Waals surface area contributed by atoms with Gasteiger partial charge in [-0.05, 0) is 41.7 Å². The Balaban J connectivity index is 1.61. The van der Waals surface area contributed by atoms with Crippen molar-refractivity contribution < 1.29 is 4.79 Å². The molecule has 1 aliphatic rings. The predicted octanol–water partition coefficient (Wildman–Crippen LogP) is 2.04. The molecule has 0 bridgehead atoms. The van der Waals surface area contributed by atoms with Crippen LogP contribution in [-0.2, 0) is 19.4 Å². The van der Waals surface area contributed by atoms with Gasteiger partial charge in [-0.15, -0.1) is 0 Å². The first-order valence-electron chi connectivity index (χ1n) is 7.72. The van der Waals surface area contributed by atoms with Gasteiger partial charge in [-0.3, -0.25) is 14.7 Å². The van der Waals surface area contributed by atoms with Crippen LogP contribution in [0.2, 0.25) is 0 Å². The molecule has 4 nitrogen and oxygen atoms in total. The molecule has 0 fully saturated rings. The number of nitrogens with zero attached hydrogens (tertiary/aromatic N) is 2. The van der Waals surface area contributed by atoms with Crippen LogP contribution in [0.4, 0.5) is 0 Å². The van der Waals surface area contributed by atoms with Gasteiger partial charge in [0.1, 0.15) is 5.69 Å². The van der Waals surface area contributed by atoms with Crippen LogP contribution in [-0.4, -0.2) is 35.9 Å². The first-order chi connectivity index (χ1) is 10.8. The largest absolute Gasteiger partial charge is 0.354 e. The van der Waals surface area contributed by atoms with Crippen molar-refractivity contribution in [3.05, 3.63) is 65.0 Å². The third-order valence-corrected chi connectivity index (χ3v) is 4.21. The van der Waals surface area contributed by atoms with Gasteiger partial charge >= 0.3 is 0 Å². The number of carbonyl (C=O) groups is 1. The van der Waals surface area contributed by atoms with Crippen molar-refractivity contribution in [2.24, 2.45) is 0 Å². The second-order valence-corrected chi connectivity index (χ2v) is 5.67. The smallest absolute Gasteiger partial charge is 0.269 e. The molecule has 0 radical (unpaired) electrons. The Morgan fingerprint density at radius 3 is 2.91 bits per heavy atom. The fraction of sp³-hybridized carbons (Fsp3) is 0.333. The summed E-state index contributed by atoms with van der Waals surface area (Å²) in [6.07, 6.45) is 3.77. The number of nitrogens with one attached hydrogen (secondary N) is 1. The quantitative estimate of drug-likeness (QED) is 0.939. The Morgan fingerprint density at radius 1 is 1.27 bits per heavy atom. The zero-order valence-electron chi connectivity index (χ0n) is 12.9. The van der Waals surface area contributed by atoms with E-state index in [0.717, 1.165) is 38.0 Å². The van der Waals surface area contributed by atoms with E-state index in [1.165, 1.54) is 11.1 Å². The van der Waals surface area contributed by atoms with Gasteiger partial charge in [0.25, 0.3) is 5.91 Å². The average molecular weight is 295 g/mol. The zero-order chi connectivity index (χ0) is 15.4. The molecule has 2 aromatic rings. The van der Waals surface area contributed by atoms with Crippen molar-refractivity contribution in [3.8, 4) is 0 Å². The van der Waals surface area contributed by atoms with Crippen molar-refractivity contribution in [2.45, 2.75) is 19.4 Å². The summed E-state index contributed by atoms with van der Waals surface area (Å²) in [5, 5.41) is 2.61. The number of amides is 1. The number of aromatic nitrogens is 1. The van der Waals surface area contributed by atoms with E-state index < -0.39 is 0 Å². The lowest BCUT2D eigenvalue weighted by Gasteiger charge is -2.28. The third kappa shape index (κ3) is 3.34. The van der Waals surface area contributed by atoms with Gasteiger partial charge in [0.05, 0.1) is 0 Å². The SMILES string of the molecule is CNC(=O)c1cc(CCN2CCc3ccccc3C2)ccn1. The van der Waals surface area contributed by atoms with Crippen LogP contribution in [0.5, 0.6) is 0 Å². The summed E-state index contributed by atoms with van der Waals surface area (Å²) in [4.78, 5) is 18.2. The summed E-state index contributed by atoms with van der Waals surface area (Å²) >= 11 is 0. The van der Waals surface area contributed by atoms with Crippen molar-refractivity contribution in [3.63, 3.8) is 0 Å². The molecule has 2 heterocycles. The van der Waals surface area contributed by atoms with Crippen LogP contribution in [0, 0.1) is 0 Å². The van der Waals surface area contributed by atoms with Gasteiger partial charge in [0.15, 0.2) is 0 Å². The fourth-order valence-electron chi connectivity index (χ4n) is 2.91. The van der Waals surface area contributed by atoms with Crippen LogP contribution >= 0.6 is 0 Å². The number of carbonyl (C=O) groups excluding carboxylic acids is 1. The standard InChI is InChI=1S/C18H21N3O/c1-19-18(22)17-12-14(6-9-20-17)7-10-21-11-8-15-4-2-3-5-16(15)13-21/h2-6,9,12H,7-8,10-11,13H2,1H3,(H,19,22). The molecule has 1 aliphatic heterocycles. The van der Waals surface area contributed by atoms with E-state index in [-0.39, 0.29) is 5.91 Å². The van der Waals surface area contributed by atoms with Gasteiger partial charge in [0, 0.05) is 32.9 Å². The highest BCUT2D eigenvalue weighted by Crippen LogP contribution is 2.18. The van der Waals surface area contributed by atoms with Crippen LogP contribution in [0.25, 0.3) is 0 Å². The zero-order valence-corrected chi connectivity index (χ0v) is 12.9. The molecule has 1 aromatic heterocycles. The van der Waals surface area contributed by atoms with E-state index >= 15 is 0 Å². The highest BCUT2D eigenvalue weighted by molar-refractivity contribution is 5.92. The molecule has 1 aromatic carbocycles. The normalized spacial score (nSPS) is 14.4. The van der Waals surface area contributed by atoms with Crippen molar-refractivity contribution in [1.29, 1.82) is 0 Å². The molecule has 22 heavy (non-hydrogen) atoms. The molecule has 0 atom stereocenters. The summed E-state index contributed by atoms with van der Waals surface area (Å²) in [5.74, 6) is -0.131. The van der Waals surface area contributed by atoms with E-state index in [0.29, 0.717) is 5.69 Å². The summed E-state index contributed by atoms with van der Waals surface area (Å²) < 4.78 is 0. The highest BCUT2D eigenvalue weighted by Gasteiger charge is 2.15. The summed E-state index contributed by atoms with van der Waals surface area (Å²) in [7, 11) is 1.63. The number of hydrogen-bond acceptors (Lipinski definition) is 3. The van der Waals surface area contributed by atoms with E-state index in [1.807, 2.05) is 12.1 Å². The minimum Gasteiger partial charge on any atom is -0.354 e. The molecular weight excluding hydrogens is 274 g/mol. The summed E-state index contributed by atoms with van der Waals surface area (Å²) in [6, 6.07) is 12.6. The molecule has 0 saturated carbocycles. The van der Waals surface area contributed by atoms with Gasteiger partial charge in [-0.25, -0.2) is 0 Å². The fourth-order valence-corrected chi connectivity index (χ4v) is 2.91. The number of fused-ring (bicyclic) bond motifs is 1. The highest BCUT2D eigenvalue weighted by atomic mass is 16.1. The van der Waals surface area contributed by atoms with E-state index in [9.17, 15) is 4.79 Å². The first kappa shape index (κ1) is 14.7. The Morgan fingerprint density at radius 2 is 2.09 bits per heavy atom. The van der Waals surface area contributed by atoms with Crippen LogP contribution in [0.3, 0.4) is 0 Å². The lowest BCUT2D eigenvalue weighted by molar-refractivity contribution is 0.0958. The monoisotopic (exact) mass is 295 g/mol. The Bertz CT molecular complexity index is 669. The van der Waals surface area contributed by atoms with Crippen molar-refractivity contribution in [1.82, 2.24) is 15.2 Å². The van der Waals surface area contributed by atoms with E-state index in [1.54, 1.807) is 13.2 Å². The van der Waals surface area contributed by atoms with E-state index in [4.69, 9.17) is 0 Å². The van der Waals surface area contributed by atoms with Gasteiger partial charge in [-0.2, -0.15) is 0 Å². The third-order valence-electron chi connectivity index (χ3n) is 4.21. The number of pyridine rings is 1. The Hall–Kier alpha value is -2.20. The molecule has 4 heteroatoms. The summed E-state index contributed by atoms with van der Waals surface area (Å²) in [6.45, 7) is 3.12. The number of benzene rings is 1. The molecule has 0 saturated heterocycles. The Labute approximate surface area is 131 Å². The summed E-state index contributed by atoms with van der Waals surface area (Å²) in [5.41, 5.74) is 4.57. The maximum absolute atomic E-state index is 11.6. The molecule has 0 spiro atoms. The molecule has 0 unspecified atom stereocenters. The topological polar surface area (TPSA) is 45.2 Å². The van der Waals surface area contributed by atoms with Crippen LogP contribution in [0.1, 0.15) is 27.2 Å². The van der Waals surface area contributed by atoms with Crippen LogP contribution in [0.15, 0.2) is 42.6 Å². The lowest BCUT2D eigenvalue weighted by atomic mass is 9.99. The predicted molar refractivity (Wildman–Crippen MR) is 86.8 cm³/mol. The Kier molecular flexibility index (Phi) is 4.49. The molecule has 1 N–H and O–H groups in total. The molecular formula is C18H21N3O. The maximum atomic E-state index is 11.6. The average Bonchev–Trinajstić information content (AvgIpc) is 2.59. The maximum Gasteiger partial charge on any atom is 0.269 e. The van der Waals surface area contributed by atoms with Crippen molar-refractivity contribution >= 4 is 5.91 Å². The van der Waals surface area contributed by atoms with Crippen molar-refractivity contribution in [2.75, 3.05) is 20.1 Å². The van der Waals surface area contributed by atoms with Gasteiger partial charge in [-0.1, -0.05) is 24.3 Å². The lowest BCUT2D eigenvalue weighted by Crippen LogP contribution is -2.32. The molecule has 3 rings (SSSR count). The van der Waals surface area contributed by atoms with Gasteiger partial charge in [0.2, 0.25) is 0 Å². The van der Waals surface area contributed by atoms with Crippen LogP contribution < -0.4 is 5.32 Å². The minimum atomic E-state index is -0.131. The number of hydrogen-bond donors (Lipinski definition) is 1. The van der Waals surface area contributed by atoms with E-state index in [2.05, 4.69) is 39.5 Å². The molecule has 114 valence electrons. The first-order valence-corrected chi connectivity index (χ1v) is 7.72. The molecule has 0 aliphatic carbocycles. The number of rotatable bonds is 4. The second-order valence-electron chi connectivity index (χ2n) is 5.67. The second kappa shape index (κ2) is 6.71. The molecule has 1 amide bonds.